The van der Waals surface area contributed by atoms with Crippen LogP contribution in [0.4, 0.5) is 4.79 Å². The zero-order valence-corrected chi connectivity index (χ0v) is 14.8. The number of carbonyl (C=O) groups excluding carboxylic acids is 2. The van der Waals surface area contributed by atoms with Crippen molar-refractivity contribution in [2.45, 2.75) is 44.2 Å². The molecule has 0 radical (unpaired) electrons. The standard InChI is InChI=1S/C14H23N3O8S/c18-10(7-26)15-6-2-1-3-8(12(21)22)16-14(25)17-9(13(23)24)4-5-11(19)20/h8-9,26H,1-7H2,(H,15,18)(H,19,20)(H,21,22)(H,23,24)(H2,16,17,25)/t8-,9-/m0/s1. The third-order valence-corrected chi connectivity index (χ3v) is 3.53. The van der Waals surface area contributed by atoms with Gasteiger partial charge in [-0.2, -0.15) is 12.6 Å². The van der Waals surface area contributed by atoms with Crippen molar-refractivity contribution in [2.24, 2.45) is 0 Å². The monoisotopic (exact) mass is 393 g/mol. The highest BCUT2D eigenvalue weighted by Crippen LogP contribution is 2.02. The smallest absolute Gasteiger partial charge is 0.326 e. The molecule has 0 rings (SSSR count). The van der Waals surface area contributed by atoms with E-state index in [1.54, 1.807) is 0 Å². The number of rotatable bonds is 13. The van der Waals surface area contributed by atoms with Crippen molar-refractivity contribution in [1.82, 2.24) is 16.0 Å². The SMILES string of the molecule is O=C(O)CC[C@H](NC(=O)N[C@@H](CCCCNC(=O)CS)C(=O)O)C(=O)O. The van der Waals surface area contributed by atoms with Crippen molar-refractivity contribution in [2.75, 3.05) is 12.3 Å². The summed E-state index contributed by atoms with van der Waals surface area (Å²) in [6.07, 6.45) is 0.166. The maximum Gasteiger partial charge on any atom is 0.326 e. The first-order valence-corrected chi connectivity index (χ1v) is 8.42. The van der Waals surface area contributed by atoms with E-state index in [1.807, 2.05) is 5.32 Å². The molecular weight excluding hydrogens is 370 g/mol. The van der Waals surface area contributed by atoms with Crippen LogP contribution in [0.5, 0.6) is 0 Å². The van der Waals surface area contributed by atoms with Crippen LogP contribution in [0.2, 0.25) is 0 Å². The summed E-state index contributed by atoms with van der Waals surface area (Å²) in [6.45, 7) is 0.341. The van der Waals surface area contributed by atoms with Gasteiger partial charge in [-0.15, -0.1) is 0 Å². The molecular formula is C14H23N3O8S. The fourth-order valence-electron chi connectivity index (χ4n) is 1.90. The normalized spacial score (nSPS) is 12.5. The van der Waals surface area contributed by atoms with Gasteiger partial charge in [0.25, 0.3) is 0 Å². The molecule has 12 heteroatoms. The molecule has 0 saturated heterocycles. The van der Waals surface area contributed by atoms with Gasteiger partial charge in [0.15, 0.2) is 0 Å². The summed E-state index contributed by atoms with van der Waals surface area (Å²) in [5.74, 6) is -4.13. The molecule has 2 atom stereocenters. The molecule has 6 N–H and O–H groups in total. The lowest BCUT2D eigenvalue weighted by atomic mass is 10.1. The summed E-state index contributed by atoms with van der Waals surface area (Å²) in [7, 11) is 0. The average Bonchev–Trinajstić information content (AvgIpc) is 2.56. The van der Waals surface area contributed by atoms with Gasteiger partial charge in [-0.05, 0) is 25.7 Å². The zero-order chi connectivity index (χ0) is 20.1. The van der Waals surface area contributed by atoms with Gasteiger partial charge < -0.3 is 31.3 Å². The van der Waals surface area contributed by atoms with Crippen molar-refractivity contribution in [3.63, 3.8) is 0 Å². The highest BCUT2D eigenvalue weighted by molar-refractivity contribution is 7.81. The van der Waals surface area contributed by atoms with E-state index in [9.17, 15) is 24.0 Å². The van der Waals surface area contributed by atoms with E-state index in [0.29, 0.717) is 19.4 Å². The number of carbonyl (C=O) groups is 5. The van der Waals surface area contributed by atoms with Crippen LogP contribution in [-0.2, 0) is 19.2 Å². The van der Waals surface area contributed by atoms with Gasteiger partial charge in [0.05, 0.1) is 5.75 Å². The molecule has 3 amide bonds. The van der Waals surface area contributed by atoms with Crippen molar-refractivity contribution >= 4 is 42.5 Å². The molecule has 0 aliphatic carbocycles. The number of carboxylic acid groups (broad SMARTS) is 3. The molecule has 11 nitrogen and oxygen atoms in total. The Bertz CT molecular complexity index is 528. The van der Waals surface area contributed by atoms with Crippen LogP contribution in [0.15, 0.2) is 0 Å². The minimum Gasteiger partial charge on any atom is -0.481 e. The molecule has 0 aromatic carbocycles. The second-order valence-electron chi connectivity index (χ2n) is 5.34. The number of hydrogen-bond donors (Lipinski definition) is 7. The van der Waals surface area contributed by atoms with Crippen molar-refractivity contribution in [1.29, 1.82) is 0 Å². The van der Waals surface area contributed by atoms with Gasteiger partial charge in [-0.1, -0.05) is 0 Å². The van der Waals surface area contributed by atoms with Gasteiger partial charge in [-0.3, -0.25) is 9.59 Å². The highest BCUT2D eigenvalue weighted by Gasteiger charge is 2.24. The molecule has 0 aliphatic heterocycles. The second-order valence-corrected chi connectivity index (χ2v) is 5.65. The Morgan fingerprint density at radius 1 is 0.846 bits per heavy atom. The lowest BCUT2D eigenvalue weighted by Gasteiger charge is -2.18. The number of carboxylic acids is 3. The Morgan fingerprint density at radius 3 is 1.85 bits per heavy atom. The van der Waals surface area contributed by atoms with E-state index in [0.717, 1.165) is 0 Å². The first-order valence-electron chi connectivity index (χ1n) is 7.79. The number of thiol groups is 1. The minimum absolute atomic E-state index is 0.0477. The number of nitrogens with one attached hydrogen (secondary N) is 3. The Morgan fingerprint density at radius 2 is 1.38 bits per heavy atom. The van der Waals surface area contributed by atoms with Gasteiger partial charge >= 0.3 is 23.9 Å². The van der Waals surface area contributed by atoms with Crippen LogP contribution in [0.1, 0.15) is 32.1 Å². The fourth-order valence-corrected chi connectivity index (χ4v) is 2.01. The van der Waals surface area contributed by atoms with E-state index in [4.69, 9.17) is 15.3 Å². The van der Waals surface area contributed by atoms with Gasteiger partial charge in [0, 0.05) is 13.0 Å². The molecule has 0 bridgehead atoms. The van der Waals surface area contributed by atoms with Crippen LogP contribution in [0.3, 0.4) is 0 Å². The third kappa shape index (κ3) is 11.1. The summed E-state index contributed by atoms with van der Waals surface area (Å²) in [5.41, 5.74) is 0. The van der Waals surface area contributed by atoms with Crippen LogP contribution in [0.25, 0.3) is 0 Å². The Hall–Kier alpha value is -2.50. The fraction of sp³-hybridized carbons (Fsp3) is 0.643. The number of unbranched alkanes of at least 4 members (excludes halogenated alkanes) is 1. The number of hydrogen-bond acceptors (Lipinski definition) is 6. The summed E-state index contributed by atoms with van der Waals surface area (Å²) >= 11 is 3.79. The third-order valence-electron chi connectivity index (χ3n) is 3.24. The molecule has 0 heterocycles. The van der Waals surface area contributed by atoms with E-state index in [1.165, 1.54) is 0 Å². The summed E-state index contributed by atoms with van der Waals surface area (Å²) in [5, 5.41) is 33.4. The molecule has 0 fully saturated rings. The Kier molecular flexibility index (Phi) is 11.6. The van der Waals surface area contributed by atoms with Crippen molar-refractivity contribution in [3.05, 3.63) is 0 Å². The quantitative estimate of drug-likeness (QED) is 0.158. The molecule has 0 aromatic heterocycles. The maximum absolute atomic E-state index is 11.8. The lowest BCUT2D eigenvalue weighted by molar-refractivity contribution is -0.140. The van der Waals surface area contributed by atoms with Gasteiger partial charge in [-0.25, -0.2) is 14.4 Å². The first kappa shape index (κ1) is 23.5. The van der Waals surface area contributed by atoms with E-state index >= 15 is 0 Å². The average molecular weight is 393 g/mol. The molecule has 0 saturated carbocycles. The summed E-state index contributed by atoms with van der Waals surface area (Å²) in [6, 6.07) is -3.71. The van der Waals surface area contributed by atoms with Gasteiger partial charge in [0.1, 0.15) is 12.1 Å². The molecule has 148 valence electrons. The second kappa shape index (κ2) is 12.8. The topological polar surface area (TPSA) is 182 Å². The number of urea groups is 1. The van der Waals surface area contributed by atoms with Crippen molar-refractivity contribution < 1.29 is 39.3 Å². The predicted octanol–water partition coefficient (Wildman–Crippen LogP) is -0.727. The maximum atomic E-state index is 11.8. The van der Waals surface area contributed by atoms with Gasteiger partial charge in [0.2, 0.25) is 5.91 Å². The van der Waals surface area contributed by atoms with Crippen LogP contribution >= 0.6 is 12.6 Å². The first-order chi connectivity index (χ1) is 12.2. The van der Waals surface area contributed by atoms with E-state index in [2.05, 4.69) is 23.3 Å². The largest absolute Gasteiger partial charge is 0.481 e. The van der Waals surface area contributed by atoms with E-state index < -0.39 is 42.4 Å². The van der Waals surface area contributed by atoms with Crippen LogP contribution in [-0.4, -0.2) is 69.5 Å². The van der Waals surface area contributed by atoms with Crippen LogP contribution in [0, 0.1) is 0 Å². The molecule has 0 aliphatic rings. The molecule has 0 spiro atoms. The Balaban J connectivity index is 4.39. The summed E-state index contributed by atoms with van der Waals surface area (Å²) in [4.78, 5) is 55.4. The zero-order valence-electron chi connectivity index (χ0n) is 13.9. The van der Waals surface area contributed by atoms with Crippen LogP contribution < -0.4 is 16.0 Å². The number of amides is 3. The summed E-state index contributed by atoms with van der Waals surface area (Å²) < 4.78 is 0. The number of aliphatic carboxylic acids is 3. The molecule has 0 unspecified atom stereocenters. The van der Waals surface area contributed by atoms with E-state index in [-0.39, 0.29) is 24.5 Å². The minimum atomic E-state index is -1.45. The Labute approximate surface area is 154 Å². The molecule has 26 heavy (non-hydrogen) atoms. The molecule has 0 aromatic rings. The highest BCUT2D eigenvalue weighted by atomic mass is 32.1. The predicted molar refractivity (Wildman–Crippen MR) is 92.1 cm³/mol. The lowest BCUT2D eigenvalue weighted by Crippen LogP contribution is -2.51. The van der Waals surface area contributed by atoms with Crippen molar-refractivity contribution in [3.8, 4) is 0 Å².